The molecule has 0 fully saturated rings. The maximum Gasteiger partial charge on any atom is 0.314 e. The van der Waals surface area contributed by atoms with Crippen molar-refractivity contribution < 1.29 is 4.79 Å². The average molecular weight is 313 g/mol. The fourth-order valence-electron chi connectivity index (χ4n) is 1.95. The Balaban J connectivity index is 2.41. The highest BCUT2D eigenvalue weighted by atomic mass is 32.2. The average Bonchev–Trinajstić information content (AvgIpc) is 2.82. The second kappa shape index (κ2) is 9.65. The Labute approximate surface area is 131 Å². The predicted molar refractivity (Wildman–Crippen MR) is 86.7 cm³/mol. The Morgan fingerprint density at radius 2 is 2.00 bits per heavy atom. The number of nitrogens with one attached hydrogen (secondary N) is 2. The highest BCUT2D eigenvalue weighted by Gasteiger charge is 2.12. The van der Waals surface area contributed by atoms with Gasteiger partial charge in [-0.1, -0.05) is 32.5 Å². The molecule has 0 aliphatic rings. The maximum atomic E-state index is 11.4. The molecule has 120 valence electrons. The van der Waals surface area contributed by atoms with Crippen LogP contribution >= 0.6 is 11.8 Å². The fraction of sp³-hybridized carbons (Fsp3) is 0.786. The summed E-state index contributed by atoms with van der Waals surface area (Å²) in [5, 5.41) is 15.1. The molecular formula is C14H27N5OS. The molecular weight excluding hydrogens is 286 g/mol. The van der Waals surface area contributed by atoms with Gasteiger partial charge in [0.15, 0.2) is 5.16 Å². The van der Waals surface area contributed by atoms with Gasteiger partial charge in [0.25, 0.3) is 0 Å². The molecule has 0 aromatic carbocycles. The number of amides is 2. The third kappa shape index (κ3) is 6.37. The van der Waals surface area contributed by atoms with Crippen molar-refractivity contribution in [3.63, 3.8) is 0 Å². The minimum atomic E-state index is -0.0923. The molecule has 0 atom stereocenters. The van der Waals surface area contributed by atoms with Crippen LogP contribution in [-0.4, -0.2) is 40.1 Å². The van der Waals surface area contributed by atoms with Crippen LogP contribution in [0.4, 0.5) is 4.79 Å². The summed E-state index contributed by atoms with van der Waals surface area (Å²) in [5.41, 5.74) is 0. The predicted octanol–water partition coefficient (Wildman–Crippen LogP) is 2.30. The summed E-state index contributed by atoms with van der Waals surface area (Å²) in [4.78, 5) is 11.4. The SMILES string of the molecule is CCCNC(=O)NCCCc1nnc(SC)n1CC(C)C. The second-order valence-electron chi connectivity index (χ2n) is 5.39. The summed E-state index contributed by atoms with van der Waals surface area (Å²) in [5.74, 6) is 1.56. The molecule has 0 aliphatic carbocycles. The molecule has 2 N–H and O–H groups in total. The van der Waals surface area contributed by atoms with Crippen LogP contribution in [0.2, 0.25) is 0 Å². The molecule has 21 heavy (non-hydrogen) atoms. The Hall–Kier alpha value is -1.24. The summed E-state index contributed by atoms with van der Waals surface area (Å²) in [6, 6.07) is -0.0923. The third-order valence-corrected chi connectivity index (χ3v) is 3.59. The number of urea groups is 1. The topological polar surface area (TPSA) is 71.8 Å². The van der Waals surface area contributed by atoms with Gasteiger partial charge in [-0.2, -0.15) is 0 Å². The number of hydrogen-bond donors (Lipinski definition) is 2. The first-order valence-electron chi connectivity index (χ1n) is 7.56. The van der Waals surface area contributed by atoms with Gasteiger partial charge in [0.1, 0.15) is 5.82 Å². The van der Waals surface area contributed by atoms with Gasteiger partial charge in [0, 0.05) is 26.1 Å². The highest BCUT2D eigenvalue weighted by molar-refractivity contribution is 7.98. The van der Waals surface area contributed by atoms with E-state index in [9.17, 15) is 4.79 Å². The first-order chi connectivity index (χ1) is 10.1. The van der Waals surface area contributed by atoms with Gasteiger partial charge < -0.3 is 15.2 Å². The van der Waals surface area contributed by atoms with E-state index in [0.717, 1.165) is 36.8 Å². The van der Waals surface area contributed by atoms with Crippen LogP contribution in [0.5, 0.6) is 0 Å². The van der Waals surface area contributed by atoms with Crippen molar-refractivity contribution in [2.75, 3.05) is 19.3 Å². The van der Waals surface area contributed by atoms with Gasteiger partial charge in [0.2, 0.25) is 0 Å². The lowest BCUT2D eigenvalue weighted by molar-refractivity contribution is 0.240. The van der Waals surface area contributed by atoms with Crippen LogP contribution in [0.1, 0.15) is 39.4 Å². The van der Waals surface area contributed by atoms with Gasteiger partial charge in [-0.05, 0) is 25.0 Å². The summed E-state index contributed by atoms with van der Waals surface area (Å²) in [6.07, 6.45) is 4.66. The molecule has 1 rings (SSSR count). The first-order valence-corrected chi connectivity index (χ1v) is 8.78. The Bertz CT molecular complexity index is 433. The largest absolute Gasteiger partial charge is 0.338 e. The zero-order valence-corrected chi connectivity index (χ0v) is 14.3. The number of carbonyl (C=O) groups is 1. The highest BCUT2D eigenvalue weighted by Crippen LogP contribution is 2.16. The standard InChI is InChI=1S/C14H27N5OS/c1-5-8-15-13(20)16-9-6-7-12-17-18-14(21-4)19(12)10-11(2)3/h11H,5-10H2,1-4H3,(H2,15,16,20). The molecule has 2 amide bonds. The van der Waals surface area contributed by atoms with Crippen molar-refractivity contribution in [2.45, 2.75) is 51.7 Å². The van der Waals surface area contributed by atoms with Crippen molar-refractivity contribution in [1.29, 1.82) is 0 Å². The van der Waals surface area contributed by atoms with E-state index in [1.807, 2.05) is 13.2 Å². The van der Waals surface area contributed by atoms with Crippen molar-refractivity contribution >= 4 is 17.8 Å². The van der Waals surface area contributed by atoms with E-state index < -0.39 is 0 Å². The molecule has 0 saturated carbocycles. The van der Waals surface area contributed by atoms with Crippen molar-refractivity contribution in [1.82, 2.24) is 25.4 Å². The Morgan fingerprint density at radius 1 is 1.29 bits per heavy atom. The molecule has 0 aliphatic heterocycles. The number of aromatic nitrogens is 3. The van der Waals surface area contributed by atoms with E-state index in [4.69, 9.17) is 0 Å². The minimum absolute atomic E-state index is 0.0923. The molecule has 0 saturated heterocycles. The lowest BCUT2D eigenvalue weighted by Gasteiger charge is -2.12. The van der Waals surface area contributed by atoms with Crippen LogP contribution in [0.15, 0.2) is 5.16 Å². The van der Waals surface area contributed by atoms with Gasteiger partial charge in [-0.15, -0.1) is 10.2 Å². The smallest absolute Gasteiger partial charge is 0.314 e. The van der Waals surface area contributed by atoms with E-state index in [1.165, 1.54) is 0 Å². The molecule has 0 spiro atoms. The number of aryl methyl sites for hydroxylation is 1. The van der Waals surface area contributed by atoms with Gasteiger partial charge in [-0.25, -0.2) is 4.79 Å². The van der Waals surface area contributed by atoms with Crippen molar-refractivity contribution in [3.8, 4) is 0 Å². The third-order valence-electron chi connectivity index (χ3n) is 2.92. The second-order valence-corrected chi connectivity index (χ2v) is 6.17. The summed E-state index contributed by atoms with van der Waals surface area (Å²) >= 11 is 1.62. The van der Waals surface area contributed by atoms with Gasteiger partial charge in [-0.3, -0.25) is 0 Å². The lowest BCUT2D eigenvalue weighted by atomic mass is 10.2. The number of thioether (sulfide) groups is 1. The van der Waals surface area contributed by atoms with E-state index in [-0.39, 0.29) is 6.03 Å². The molecule has 0 bridgehead atoms. The summed E-state index contributed by atoms with van der Waals surface area (Å²) < 4.78 is 2.19. The number of rotatable bonds is 9. The van der Waals surface area contributed by atoms with E-state index in [2.05, 4.69) is 39.2 Å². The number of nitrogens with zero attached hydrogens (tertiary/aromatic N) is 3. The quantitative estimate of drug-likeness (QED) is 0.542. The Kier molecular flexibility index (Phi) is 8.19. The zero-order chi connectivity index (χ0) is 15.7. The minimum Gasteiger partial charge on any atom is -0.338 e. The van der Waals surface area contributed by atoms with Crippen LogP contribution in [0.3, 0.4) is 0 Å². The fourth-order valence-corrected chi connectivity index (χ4v) is 2.48. The van der Waals surface area contributed by atoms with Gasteiger partial charge in [0.05, 0.1) is 0 Å². The van der Waals surface area contributed by atoms with Crippen molar-refractivity contribution in [3.05, 3.63) is 5.82 Å². The number of hydrogen-bond acceptors (Lipinski definition) is 4. The van der Waals surface area contributed by atoms with Crippen LogP contribution in [0, 0.1) is 5.92 Å². The number of carbonyl (C=O) groups excluding carboxylic acids is 1. The van der Waals surface area contributed by atoms with E-state index in [1.54, 1.807) is 11.8 Å². The van der Waals surface area contributed by atoms with E-state index in [0.29, 0.717) is 19.0 Å². The lowest BCUT2D eigenvalue weighted by Crippen LogP contribution is -2.36. The first kappa shape index (κ1) is 17.8. The maximum absolute atomic E-state index is 11.4. The monoisotopic (exact) mass is 313 g/mol. The molecule has 0 unspecified atom stereocenters. The summed E-state index contributed by atoms with van der Waals surface area (Å²) in [6.45, 7) is 8.71. The zero-order valence-electron chi connectivity index (χ0n) is 13.5. The van der Waals surface area contributed by atoms with Crippen LogP contribution < -0.4 is 10.6 Å². The molecule has 1 heterocycles. The molecule has 1 aromatic heterocycles. The molecule has 6 nitrogen and oxygen atoms in total. The molecule has 0 radical (unpaired) electrons. The van der Waals surface area contributed by atoms with Crippen LogP contribution in [0.25, 0.3) is 0 Å². The van der Waals surface area contributed by atoms with Gasteiger partial charge >= 0.3 is 6.03 Å². The normalized spacial score (nSPS) is 10.9. The Morgan fingerprint density at radius 3 is 2.62 bits per heavy atom. The van der Waals surface area contributed by atoms with E-state index >= 15 is 0 Å². The van der Waals surface area contributed by atoms with Crippen molar-refractivity contribution in [2.24, 2.45) is 5.92 Å². The van der Waals surface area contributed by atoms with Crippen LogP contribution in [-0.2, 0) is 13.0 Å². The summed E-state index contributed by atoms with van der Waals surface area (Å²) in [7, 11) is 0. The molecule has 7 heteroatoms. The molecule has 1 aromatic rings.